The van der Waals surface area contributed by atoms with Crippen LogP contribution in [0.25, 0.3) is 0 Å². The normalized spacial score (nSPS) is 12.1. The smallest absolute Gasteiger partial charge is 0.347 e. The Kier molecular flexibility index (Phi) is 34.0. The van der Waals surface area contributed by atoms with E-state index in [1.165, 1.54) is 161 Å². The molecule has 0 aromatic carbocycles. The molecule has 0 saturated carbocycles. The number of esters is 2. The molecular formula is C40H78O4. The van der Waals surface area contributed by atoms with Crippen LogP contribution in [0.3, 0.4) is 0 Å². The highest BCUT2D eigenvalue weighted by atomic mass is 16.6. The van der Waals surface area contributed by atoms with Crippen LogP contribution >= 0.6 is 0 Å². The average molecular weight is 623 g/mol. The second kappa shape index (κ2) is 34.8. The molecule has 44 heavy (non-hydrogen) atoms. The summed E-state index contributed by atoms with van der Waals surface area (Å²) in [6.45, 7) is 8.99. The van der Waals surface area contributed by atoms with Crippen molar-refractivity contribution in [2.45, 2.75) is 233 Å². The van der Waals surface area contributed by atoms with Crippen LogP contribution in [0.2, 0.25) is 0 Å². The first-order chi connectivity index (χ1) is 21.5. The number of hydrogen-bond donors (Lipinski definition) is 0. The molecule has 1 atom stereocenters. The van der Waals surface area contributed by atoms with Crippen molar-refractivity contribution in [3.8, 4) is 0 Å². The van der Waals surface area contributed by atoms with E-state index in [0.717, 1.165) is 25.7 Å². The van der Waals surface area contributed by atoms with Gasteiger partial charge in [0, 0.05) is 6.42 Å². The Hall–Kier alpha value is -1.06. The maximum Gasteiger partial charge on any atom is 0.347 e. The lowest BCUT2D eigenvalue weighted by molar-refractivity contribution is -0.169. The molecule has 0 bridgehead atoms. The van der Waals surface area contributed by atoms with Gasteiger partial charge in [0.2, 0.25) is 0 Å². The van der Waals surface area contributed by atoms with Gasteiger partial charge in [-0.3, -0.25) is 4.79 Å². The molecular weight excluding hydrogens is 544 g/mol. The predicted molar refractivity (Wildman–Crippen MR) is 190 cm³/mol. The van der Waals surface area contributed by atoms with E-state index in [0.29, 0.717) is 19.4 Å². The lowest BCUT2D eigenvalue weighted by Crippen LogP contribution is -2.30. The van der Waals surface area contributed by atoms with Crippen LogP contribution in [-0.2, 0) is 19.1 Å². The van der Waals surface area contributed by atoms with Crippen LogP contribution in [0.4, 0.5) is 0 Å². The van der Waals surface area contributed by atoms with Crippen LogP contribution in [0, 0.1) is 5.92 Å². The van der Waals surface area contributed by atoms with E-state index in [1.807, 2.05) is 13.8 Å². The van der Waals surface area contributed by atoms with Crippen LogP contribution in [-0.4, -0.2) is 24.6 Å². The quantitative estimate of drug-likeness (QED) is 0.0521. The summed E-state index contributed by atoms with van der Waals surface area (Å²) in [5.41, 5.74) is 0. The van der Waals surface area contributed by atoms with Crippen molar-refractivity contribution in [2.75, 3.05) is 6.61 Å². The van der Waals surface area contributed by atoms with Gasteiger partial charge in [-0.05, 0) is 25.2 Å². The Morgan fingerprint density at radius 1 is 0.455 bits per heavy atom. The molecule has 0 fully saturated rings. The lowest BCUT2D eigenvalue weighted by atomic mass is 10.0. The van der Waals surface area contributed by atoms with E-state index in [-0.39, 0.29) is 17.9 Å². The van der Waals surface area contributed by atoms with Crippen molar-refractivity contribution >= 4 is 11.9 Å². The van der Waals surface area contributed by atoms with Crippen molar-refractivity contribution in [1.82, 2.24) is 0 Å². The van der Waals surface area contributed by atoms with E-state index < -0.39 is 6.10 Å². The maximum absolute atomic E-state index is 12.7. The number of unbranched alkanes of at least 4 members (excludes halogenated alkanes) is 27. The number of rotatable bonds is 35. The molecule has 0 amide bonds. The van der Waals surface area contributed by atoms with Gasteiger partial charge in [0.05, 0.1) is 6.61 Å². The number of hydrogen-bond acceptors (Lipinski definition) is 4. The van der Waals surface area contributed by atoms with Gasteiger partial charge in [0.25, 0.3) is 0 Å². The summed E-state index contributed by atoms with van der Waals surface area (Å²) in [5.74, 6) is -0.327. The molecule has 0 aromatic rings. The molecule has 4 heteroatoms. The topological polar surface area (TPSA) is 52.6 Å². The third kappa shape index (κ3) is 32.3. The van der Waals surface area contributed by atoms with Crippen molar-refractivity contribution in [3.05, 3.63) is 0 Å². The number of ether oxygens (including phenoxy) is 2. The molecule has 0 heterocycles. The van der Waals surface area contributed by atoms with E-state index >= 15 is 0 Å². The van der Waals surface area contributed by atoms with Crippen LogP contribution in [0.15, 0.2) is 0 Å². The summed E-state index contributed by atoms with van der Waals surface area (Å²) in [6.07, 6.45) is 38.0. The van der Waals surface area contributed by atoms with Gasteiger partial charge < -0.3 is 9.47 Å². The first kappa shape index (κ1) is 42.9. The summed E-state index contributed by atoms with van der Waals surface area (Å²) in [7, 11) is 0. The zero-order chi connectivity index (χ0) is 32.4. The van der Waals surface area contributed by atoms with Crippen molar-refractivity contribution in [3.63, 3.8) is 0 Å². The van der Waals surface area contributed by atoms with E-state index in [1.54, 1.807) is 0 Å². The first-order valence-corrected chi connectivity index (χ1v) is 19.9. The summed E-state index contributed by atoms with van der Waals surface area (Å²) in [6, 6.07) is 0. The van der Waals surface area contributed by atoms with Crippen molar-refractivity contribution in [2.24, 2.45) is 5.92 Å². The highest BCUT2D eigenvalue weighted by molar-refractivity contribution is 5.79. The second-order valence-corrected chi connectivity index (χ2v) is 14.1. The highest BCUT2D eigenvalue weighted by Gasteiger charge is 2.24. The molecule has 0 N–H and O–H groups in total. The number of carbonyl (C=O) groups is 2. The van der Waals surface area contributed by atoms with Gasteiger partial charge in [-0.2, -0.15) is 0 Å². The lowest BCUT2D eigenvalue weighted by Gasteiger charge is -2.18. The van der Waals surface area contributed by atoms with Gasteiger partial charge in [0.1, 0.15) is 0 Å². The molecule has 262 valence electrons. The highest BCUT2D eigenvalue weighted by Crippen LogP contribution is 2.17. The van der Waals surface area contributed by atoms with E-state index in [4.69, 9.17) is 9.47 Å². The molecule has 1 unspecified atom stereocenters. The minimum atomic E-state index is -0.741. The third-order valence-electron chi connectivity index (χ3n) is 8.90. The Bertz CT molecular complexity index is 602. The SMILES string of the molecule is CCCCCCCCCCCCCCCCCC(=O)OC(CCCCCCCCCCCCCCCC)C(=O)OCC(C)C. The molecule has 0 radical (unpaired) electrons. The Labute approximate surface area is 276 Å². The van der Waals surface area contributed by atoms with Gasteiger partial charge in [-0.25, -0.2) is 4.79 Å². The molecule has 0 aliphatic carbocycles. The van der Waals surface area contributed by atoms with Gasteiger partial charge in [-0.15, -0.1) is 0 Å². The van der Waals surface area contributed by atoms with Crippen LogP contribution in [0.1, 0.15) is 227 Å². The molecule has 0 aromatic heterocycles. The van der Waals surface area contributed by atoms with Crippen molar-refractivity contribution in [1.29, 1.82) is 0 Å². The second-order valence-electron chi connectivity index (χ2n) is 14.1. The molecule has 0 rings (SSSR count). The average Bonchev–Trinajstić information content (AvgIpc) is 3.01. The molecule has 0 aliphatic rings. The zero-order valence-corrected chi connectivity index (χ0v) is 30.4. The van der Waals surface area contributed by atoms with Gasteiger partial charge in [0.15, 0.2) is 6.10 Å². The summed E-state index contributed by atoms with van der Waals surface area (Å²) in [4.78, 5) is 25.2. The molecule has 0 spiro atoms. The minimum Gasteiger partial charge on any atom is -0.463 e. The third-order valence-corrected chi connectivity index (χ3v) is 8.90. The Morgan fingerprint density at radius 2 is 0.773 bits per heavy atom. The van der Waals surface area contributed by atoms with E-state index in [9.17, 15) is 9.59 Å². The fraction of sp³-hybridized carbons (Fsp3) is 0.950. The fourth-order valence-electron chi connectivity index (χ4n) is 5.95. The Morgan fingerprint density at radius 3 is 1.11 bits per heavy atom. The standard InChI is InChI=1S/C40H78O4/c1-5-7-9-11-13-15-17-19-21-23-25-27-29-31-33-35-39(41)44-38(40(42)43-36-37(3)4)34-32-30-28-26-24-22-20-18-16-14-12-10-8-6-2/h37-38H,5-36H2,1-4H3. The largest absolute Gasteiger partial charge is 0.463 e. The van der Waals surface area contributed by atoms with Crippen LogP contribution in [0.5, 0.6) is 0 Å². The fourth-order valence-corrected chi connectivity index (χ4v) is 5.95. The minimum absolute atomic E-state index is 0.239. The zero-order valence-electron chi connectivity index (χ0n) is 30.4. The summed E-state index contributed by atoms with van der Waals surface area (Å²) in [5, 5.41) is 0. The predicted octanol–water partition coefficient (Wildman–Crippen LogP) is 13.2. The first-order valence-electron chi connectivity index (χ1n) is 19.9. The van der Waals surface area contributed by atoms with Gasteiger partial charge in [-0.1, -0.05) is 201 Å². The molecule has 0 aliphatic heterocycles. The van der Waals surface area contributed by atoms with E-state index in [2.05, 4.69) is 13.8 Å². The Balaban J connectivity index is 3.90. The molecule has 4 nitrogen and oxygen atoms in total. The maximum atomic E-state index is 12.7. The number of carbonyl (C=O) groups excluding carboxylic acids is 2. The van der Waals surface area contributed by atoms with Crippen LogP contribution < -0.4 is 0 Å². The van der Waals surface area contributed by atoms with Crippen molar-refractivity contribution < 1.29 is 19.1 Å². The summed E-state index contributed by atoms with van der Waals surface area (Å²) < 4.78 is 11.1. The molecule has 0 saturated heterocycles. The monoisotopic (exact) mass is 623 g/mol. The van der Waals surface area contributed by atoms with Gasteiger partial charge >= 0.3 is 11.9 Å². The summed E-state index contributed by atoms with van der Waals surface area (Å²) >= 11 is 0.